The fourth-order valence-corrected chi connectivity index (χ4v) is 1.26. The first-order chi connectivity index (χ1) is 7.54. The lowest BCUT2D eigenvalue weighted by Crippen LogP contribution is -2.29. The molecule has 0 aromatic carbocycles. The van der Waals surface area contributed by atoms with Crippen LogP contribution in [0.5, 0.6) is 0 Å². The van der Waals surface area contributed by atoms with Crippen LogP contribution in [-0.2, 0) is 0 Å². The zero-order valence-electron chi connectivity index (χ0n) is 9.34. The number of pyridine rings is 1. The zero-order valence-corrected chi connectivity index (χ0v) is 9.34. The molecule has 16 heavy (non-hydrogen) atoms. The molecule has 0 fully saturated rings. The van der Waals surface area contributed by atoms with Gasteiger partial charge < -0.3 is 15.5 Å². The number of nitrogens with zero attached hydrogens (tertiary/aromatic N) is 1. The number of hydrogen-bond acceptors (Lipinski definition) is 4. The monoisotopic (exact) mass is 224 g/mol. The maximum absolute atomic E-state index is 10.7. The summed E-state index contributed by atoms with van der Waals surface area (Å²) in [7, 11) is 0. The molecule has 0 saturated heterocycles. The highest BCUT2D eigenvalue weighted by atomic mass is 16.4. The highest BCUT2D eigenvalue weighted by Gasteiger charge is 2.13. The van der Waals surface area contributed by atoms with Crippen LogP contribution in [0.2, 0.25) is 0 Å². The minimum atomic E-state index is -0.990. The van der Waals surface area contributed by atoms with E-state index < -0.39 is 5.97 Å². The number of aliphatic hydroxyl groups excluding tert-OH is 1. The minimum absolute atomic E-state index is 0.0172. The Bertz CT molecular complexity index is 366. The van der Waals surface area contributed by atoms with Gasteiger partial charge in [-0.15, -0.1) is 0 Å². The summed E-state index contributed by atoms with van der Waals surface area (Å²) in [6.45, 7) is 3.92. The predicted octanol–water partition coefficient (Wildman–Crippen LogP) is 1.21. The number of nitrogens with one attached hydrogen (secondary N) is 1. The van der Waals surface area contributed by atoms with Gasteiger partial charge in [-0.3, -0.25) is 0 Å². The summed E-state index contributed by atoms with van der Waals surface area (Å²) in [5.41, 5.74) is 0.179. The highest BCUT2D eigenvalue weighted by Crippen LogP contribution is 2.11. The Kier molecular flexibility index (Phi) is 4.25. The first kappa shape index (κ1) is 12.4. The predicted molar refractivity (Wildman–Crippen MR) is 60.5 cm³/mol. The number of hydrogen-bond donors (Lipinski definition) is 3. The molecular formula is C11H16N2O3. The van der Waals surface area contributed by atoms with E-state index in [-0.39, 0.29) is 24.1 Å². The summed E-state index contributed by atoms with van der Waals surface area (Å²) in [6.07, 6.45) is 1.43. The standard InChI is InChI=1S/C11H16N2O3/c1-7(2)9(6-14)13-10-5-8(11(15)16)3-4-12-10/h3-5,7,9,14H,6H2,1-2H3,(H,12,13)(H,15,16)/t9-/m1/s1. The SMILES string of the molecule is CC(C)[C@@H](CO)Nc1cc(C(=O)O)ccn1. The third-order valence-electron chi connectivity index (χ3n) is 2.34. The van der Waals surface area contributed by atoms with Crippen LogP contribution in [0.15, 0.2) is 18.3 Å². The summed E-state index contributed by atoms with van der Waals surface area (Å²) < 4.78 is 0. The average Bonchev–Trinajstić information content (AvgIpc) is 2.25. The Balaban J connectivity index is 2.80. The van der Waals surface area contributed by atoms with Crippen molar-refractivity contribution in [1.82, 2.24) is 4.98 Å². The van der Waals surface area contributed by atoms with Crippen molar-refractivity contribution in [2.45, 2.75) is 19.9 Å². The Morgan fingerprint density at radius 3 is 2.75 bits per heavy atom. The number of aliphatic hydroxyl groups is 1. The molecule has 88 valence electrons. The summed E-state index contributed by atoms with van der Waals surface area (Å²) in [5, 5.41) is 20.9. The fourth-order valence-electron chi connectivity index (χ4n) is 1.26. The molecule has 1 rings (SSSR count). The molecule has 0 aliphatic rings. The van der Waals surface area contributed by atoms with E-state index in [1.807, 2.05) is 13.8 Å². The molecule has 5 nitrogen and oxygen atoms in total. The Labute approximate surface area is 94.1 Å². The van der Waals surface area contributed by atoms with Crippen molar-refractivity contribution in [2.75, 3.05) is 11.9 Å². The number of carboxylic acid groups (broad SMARTS) is 1. The van der Waals surface area contributed by atoms with E-state index in [1.54, 1.807) is 0 Å². The molecule has 5 heteroatoms. The first-order valence-corrected chi connectivity index (χ1v) is 5.11. The van der Waals surface area contributed by atoms with Crippen molar-refractivity contribution in [1.29, 1.82) is 0 Å². The zero-order chi connectivity index (χ0) is 12.1. The molecular weight excluding hydrogens is 208 g/mol. The van der Waals surface area contributed by atoms with Gasteiger partial charge in [-0.05, 0) is 18.1 Å². The Morgan fingerprint density at radius 1 is 1.56 bits per heavy atom. The van der Waals surface area contributed by atoms with E-state index in [0.717, 1.165) is 0 Å². The van der Waals surface area contributed by atoms with Gasteiger partial charge in [0.1, 0.15) is 5.82 Å². The number of carbonyl (C=O) groups is 1. The lowest BCUT2D eigenvalue weighted by molar-refractivity contribution is 0.0697. The van der Waals surface area contributed by atoms with Crippen LogP contribution in [-0.4, -0.2) is 33.8 Å². The highest BCUT2D eigenvalue weighted by molar-refractivity contribution is 5.88. The summed E-state index contributed by atoms with van der Waals surface area (Å²) >= 11 is 0. The lowest BCUT2D eigenvalue weighted by atomic mass is 10.1. The maximum atomic E-state index is 10.7. The van der Waals surface area contributed by atoms with Crippen molar-refractivity contribution in [3.63, 3.8) is 0 Å². The van der Waals surface area contributed by atoms with Gasteiger partial charge >= 0.3 is 5.97 Å². The van der Waals surface area contributed by atoms with Crippen molar-refractivity contribution < 1.29 is 15.0 Å². The van der Waals surface area contributed by atoms with Crippen LogP contribution < -0.4 is 5.32 Å². The largest absolute Gasteiger partial charge is 0.478 e. The van der Waals surface area contributed by atoms with Crippen molar-refractivity contribution >= 4 is 11.8 Å². The van der Waals surface area contributed by atoms with E-state index in [1.165, 1.54) is 18.3 Å². The summed E-state index contributed by atoms with van der Waals surface area (Å²) in [4.78, 5) is 14.7. The van der Waals surface area contributed by atoms with E-state index in [4.69, 9.17) is 10.2 Å². The van der Waals surface area contributed by atoms with Crippen LogP contribution in [0, 0.1) is 5.92 Å². The smallest absolute Gasteiger partial charge is 0.335 e. The second-order valence-electron chi connectivity index (χ2n) is 3.91. The molecule has 1 aromatic rings. The van der Waals surface area contributed by atoms with Gasteiger partial charge in [0.05, 0.1) is 18.2 Å². The molecule has 0 radical (unpaired) electrons. The van der Waals surface area contributed by atoms with E-state index in [9.17, 15) is 4.79 Å². The van der Waals surface area contributed by atoms with E-state index in [2.05, 4.69) is 10.3 Å². The molecule has 1 aromatic heterocycles. The van der Waals surface area contributed by atoms with Gasteiger partial charge in [-0.2, -0.15) is 0 Å². The maximum Gasteiger partial charge on any atom is 0.335 e. The molecule has 0 bridgehead atoms. The van der Waals surface area contributed by atoms with Crippen LogP contribution >= 0.6 is 0 Å². The molecule has 1 heterocycles. The Hall–Kier alpha value is -1.62. The van der Waals surface area contributed by atoms with Crippen LogP contribution in [0.4, 0.5) is 5.82 Å². The molecule has 0 spiro atoms. The van der Waals surface area contributed by atoms with Crippen LogP contribution in [0.3, 0.4) is 0 Å². The minimum Gasteiger partial charge on any atom is -0.478 e. The third-order valence-corrected chi connectivity index (χ3v) is 2.34. The topological polar surface area (TPSA) is 82.5 Å². The van der Waals surface area contributed by atoms with Gasteiger partial charge in [-0.1, -0.05) is 13.8 Å². The van der Waals surface area contributed by atoms with Crippen molar-refractivity contribution in [3.05, 3.63) is 23.9 Å². The third kappa shape index (κ3) is 3.20. The quantitative estimate of drug-likeness (QED) is 0.700. The number of anilines is 1. The number of carboxylic acids is 1. The molecule has 0 unspecified atom stereocenters. The van der Waals surface area contributed by atoms with E-state index in [0.29, 0.717) is 5.82 Å². The number of aromatic nitrogens is 1. The van der Waals surface area contributed by atoms with Gasteiger partial charge in [0.25, 0.3) is 0 Å². The van der Waals surface area contributed by atoms with Crippen LogP contribution in [0.25, 0.3) is 0 Å². The second kappa shape index (κ2) is 5.46. The number of aromatic carboxylic acids is 1. The molecule has 0 aliphatic carbocycles. The normalized spacial score (nSPS) is 12.5. The molecule has 0 amide bonds. The first-order valence-electron chi connectivity index (χ1n) is 5.11. The van der Waals surface area contributed by atoms with Gasteiger partial charge in [0.2, 0.25) is 0 Å². The molecule has 1 atom stereocenters. The summed E-state index contributed by atoms with van der Waals surface area (Å²) in [5.74, 6) is -0.288. The Morgan fingerprint density at radius 2 is 2.25 bits per heavy atom. The van der Waals surface area contributed by atoms with Crippen molar-refractivity contribution in [3.8, 4) is 0 Å². The summed E-state index contributed by atoms with van der Waals surface area (Å²) in [6, 6.07) is 2.75. The molecule has 0 aliphatic heterocycles. The fraction of sp³-hybridized carbons (Fsp3) is 0.455. The van der Waals surface area contributed by atoms with Crippen LogP contribution in [0.1, 0.15) is 24.2 Å². The second-order valence-corrected chi connectivity index (χ2v) is 3.91. The average molecular weight is 224 g/mol. The molecule has 0 saturated carbocycles. The van der Waals surface area contributed by atoms with Gasteiger partial charge in [0, 0.05) is 6.20 Å². The van der Waals surface area contributed by atoms with Crippen molar-refractivity contribution in [2.24, 2.45) is 5.92 Å². The number of rotatable bonds is 5. The van der Waals surface area contributed by atoms with Gasteiger partial charge in [-0.25, -0.2) is 9.78 Å². The molecule has 3 N–H and O–H groups in total. The van der Waals surface area contributed by atoms with E-state index >= 15 is 0 Å². The lowest BCUT2D eigenvalue weighted by Gasteiger charge is -2.20. The van der Waals surface area contributed by atoms with Gasteiger partial charge in [0.15, 0.2) is 0 Å².